The van der Waals surface area contributed by atoms with Gasteiger partial charge in [0.25, 0.3) is 5.91 Å². The van der Waals surface area contributed by atoms with E-state index in [1.165, 1.54) is 19.2 Å². The van der Waals surface area contributed by atoms with Crippen molar-refractivity contribution in [1.82, 2.24) is 5.32 Å². The topological polar surface area (TPSA) is 132 Å². The van der Waals surface area contributed by atoms with Gasteiger partial charge in [-0.15, -0.1) is 0 Å². The molecule has 1 aromatic rings. The second kappa shape index (κ2) is 7.61. The average molecular weight is 347 g/mol. The predicted octanol–water partition coefficient (Wildman–Crippen LogP) is 1.71. The molecule has 0 saturated heterocycles. The fraction of sp³-hybridized carbons (Fsp3) is 0.438. The summed E-state index contributed by atoms with van der Waals surface area (Å²) in [6.07, 6.45) is 2.83. The van der Waals surface area contributed by atoms with E-state index in [0.29, 0.717) is 12.8 Å². The number of hydrogen-bond acceptors (Lipinski definition) is 7. The largest absolute Gasteiger partial charge is 0.490 e. The molecule has 2 rings (SSSR count). The van der Waals surface area contributed by atoms with E-state index in [-0.39, 0.29) is 17.0 Å². The summed E-state index contributed by atoms with van der Waals surface area (Å²) in [5.74, 6) is -1.45. The zero-order chi connectivity index (χ0) is 18.4. The Morgan fingerprint density at radius 3 is 2.64 bits per heavy atom. The van der Waals surface area contributed by atoms with Crippen molar-refractivity contribution in [3.8, 4) is 11.8 Å². The maximum atomic E-state index is 12.0. The molecule has 1 saturated carbocycles. The highest BCUT2D eigenvalue weighted by Crippen LogP contribution is 2.29. The molecule has 9 nitrogen and oxygen atoms in total. The number of rotatable bonds is 6. The van der Waals surface area contributed by atoms with E-state index in [4.69, 9.17) is 9.47 Å². The second-order valence-electron chi connectivity index (χ2n) is 5.67. The summed E-state index contributed by atoms with van der Waals surface area (Å²) in [5.41, 5.74) is -1.35. The van der Waals surface area contributed by atoms with Crippen LogP contribution >= 0.6 is 0 Å². The lowest BCUT2D eigenvalue weighted by Gasteiger charge is -2.21. The number of nitrogens with zero attached hydrogens (tertiary/aromatic N) is 2. The Labute approximate surface area is 143 Å². The number of methoxy groups -OCH3 is 1. The zero-order valence-corrected chi connectivity index (χ0v) is 13.6. The molecule has 0 aliphatic heterocycles. The lowest BCUT2D eigenvalue weighted by Crippen LogP contribution is -2.46. The molecule has 25 heavy (non-hydrogen) atoms. The summed E-state index contributed by atoms with van der Waals surface area (Å²) in [7, 11) is 1.28. The van der Waals surface area contributed by atoms with Crippen LogP contribution in [-0.2, 0) is 9.53 Å². The van der Waals surface area contributed by atoms with Crippen molar-refractivity contribution in [2.75, 3.05) is 13.7 Å². The molecule has 1 aliphatic rings. The summed E-state index contributed by atoms with van der Waals surface area (Å²) in [6, 6.07) is 5.70. The quantitative estimate of drug-likeness (QED) is 0.470. The van der Waals surface area contributed by atoms with E-state index in [0.717, 1.165) is 18.9 Å². The molecule has 0 atom stereocenters. The van der Waals surface area contributed by atoms with E-state index in [1.807, 2.05) is 0 Å². The standard InChI is InChI=1S/C16H17N3O6/c1-24-13-5-4-11(8-12(13)19(22)23)15(21)25-9-14(20)18-16(10-17)6-2-3-7-16/h4-5,8H,2-3,6-7,9H2,1H3,(H,18,20). The molecule has 0 spiro atoms. The van der Waals surface area contributed by atoms with E-state index in [9.17, 15) is 25.0 Å². The highest BCUT2D eigenvalue weighted by Gasteiger charge is 2.35. The minimum absolute atomic E-state index is 0.0106. The van der Waals surface area contributed by atoms with Gasteiger partial charge in [-0.3, -0.25) is 14.9 Å². The first kappa shape index (κ1) is 18.2. The maximum absolute atomic E-state index is 12.0. The Balaban J connectivity index is 1.98. The first-order valence-corrected chi connectivity index (χ1v) is 7.62. The Morgan fingerprint density at radius 1 is 1.40 bits per heavy atom. The molecule has 0 heterocycles. The Bertz CT molecular complexity index is 734. The molecule has 1 amide bonds. The molecule has 1 aliphatic carbocycles. The third-order valence-corrected chi connectivity index (χ3v) is 4.00. The number of esters is 1. The van der Waals surface area contributed by atoms with Gasteiger partial charge in [-0.25, -0.2) is 4.79 Å². The minimum atomic E-state index is -0.900. The highest BCUT2D eigenvalue weighted by molar-refractivity contribution is 5.92. The molecule has 0 bridgehead atoms. The lowest BCUT2D eigenvalue weighted by atomic mass is 10.00. The number of carbonyl (C=O) groups is 2. The van der Waals surface area contributed by atoms with Crippen LogP contribution in [-0.4, -0.2) is 36.1 Å². The number of benzene rings is 1. The molecule has 1 aromatic carbocycles. The molecular weight excluding hydrogens is 330 g/mol. The monoisotopic (exact) mass is 347 g/mol. The third kappa shape index (κ3) is 4.23. The van der Waals surface area contributed by atoms with Crippen LogP contribution in [0.5, 0.6) is 5.75 Å². The summed E-state index contributed by atoms with van der Waals surface area (Å²) < 4.78 is 9.72. The fourth-order valence-corrected chi connectivity index (χ4v) is 2.72. The van der Waals surface area contributed by atoms with Gasteiger partial charge in [0.15, 0.2) is 12.4 Å². The second-order valence-corrected chi connectivity index (χ2v) is 5.67. The molecule has 0 radical (unpaired) electrons. The summed E-state index contributed by atoms with van der Waals surface area (Å²) >= 11 is 0. The molecule has 1 N–H and O–H groups in total. The summed E-state index contributed by atoms with van der Waals surface area (Å²) in [6.45, 7) is -0.567. The average Bonchev–Trinajstić information content (AvgIpc) is 3.07. The van der Waals surface area contributed by atoms with Crippen molar-refractivity contribution in [2.24, 2.45) is 0 Å². The van der Waals surface area contributed by atoms with Crippen LogP contribution in [0.2, 0.25) is 0 Å². The molecule has 1 fully saturated rings. The number of amides is 1. The SMILES string of the molecule is COc1ccc(C(=O)OCC(=O)NC2(C#N)CCCC2)cc1[N+](=O)[O-]. The van der Waals surface area contributed by atoms with Crippen molar-refractivity contribution < 1.29 is 24.0 Å². The molecule has 0 aromatic heterocycles. The van der Waals surface area contributed by atoms with Gasteiger partial charge in [0.2, 0.25) is 0 Å². The minimum Gasteiger partial charge on any atom is -0.490 e. The Hall–Kier alpha value is -3.15. The van der Waals surface area contributed by atoms with Gasteiger partial charge < -0.3 is 14.8 Å². The van der Waals surface area contributed by atoms with Crippen molar-refractivity contribution >= 4 is 17.6 Å². The van der Waals surface area contributed by atoms with Crippen molar-refractivity contribution in [1.29, 1.82) is 5.26 Å². The van der Waals surface area contributed by atoms with Gasteiger partial charge in [-0.1, -0.05) is 0 Å². The Morgan fingerprint density at radius 2 is 2.08 bits per heavy atom. The van der Waals surface area contributed by atoms with Crippen molar-refractivity contribution in [3.05, 3.63) is 33.9 Å². The van der Waals surface area contributed by atoms with Crippen molar-refractivity contribution in [3.63, 3.8) is 0 Å². The molecule has 0 unspecified atom stereocenters. The predicted molar refractivity (Wildman–Crippen MR) is 84.9 cm³/mol. The van der Waals surface area contributed by atoms with Gasteiger partial charge in [0, 0.05) is 6.07 Å². The lowest BCUT2D eigenvalue weighted by molar-refractivity contribution is -0.385. The van der Waals surface area contributed by atoms with Crippen LogP contribution in [0, 0.1) is 21.4 Å². The molecule has 132 valence electrons. The number of hydrogen-bond donors (Lipinski definition) is 1. The maximum Gasteiger partial charge on any atom is 0.338 e. The smallest absolute Gasteiger partial charge is 0.338 e. The number of nitro benzene ring substituents is 1. The number of ether oxygens (including phenoxy) is 2. The number of carbonyl (C=O) groups excluding carboxylic acids is 2. The highest BCUT2D eigenvalue weighted by atomic mass is 16.6. The van der Waals surface area contributed by atoms with E-state index in [2.05, 4.69) is 11.4 Å². The first-order valence-electron chi connectivity index (χ1n) is 7.62. The van der Waals surface area contributed by atoms with Crippen LogP contribution in [0.4, 0.5) is 5.69 Å². The van der Waals surface area contributed by atoms with Gasteiger partial charge in [-0.2, -0.15) is 5.26 Å². The van der Waals surface area contributed by atoms with Gasteiger partial charge in [0.05, 0.1) is 23.7 Å². The zero-order valence-electron chi connectivity index (χ0n) is 13.6. The van der Waals surface area contributed by atoms with Crippen LogP contribution in [0.15, 0.2) is 18.2 Å². The Kier molecular flexibility index (Phi) is 5.54. The van der Waals surface area contributed by atoms with Crippen LogP contribution in [0.25, 0.3) is 0 Å². The molecular formula is C16H17N3O6. The van der Waals surface area contributed by atoms with Crippen LogP contribution < -0.4 is 10.1 Å². The third-order valence-electron chi connectivity index (χ3n) is 4.00. The van der Waals surface area contributed by atoms with Gasteiger partial charge in [0.1, 0.15) is 5.54 Å². The number of nitriles is 1. The fourth-order valence-electron chi connectivity index (χ4n) is 2.72. The number of nitrogens with one attached hydrogen (secondary N) is 1. The van der Waals surface area contributed by atoms with Crippen LogP contribution in [0.1, 0.15) is 36.0 Å². The normalized spacial score (nSPS) is 15.0. The van der Waals surface area contributed by atoms with E-state index >= 15 is 0 Å². The molecule has 9 heteroatoms. The van der Waals surface area contributed by atoms with Crippen LogP contribution in [0.3, 0.4) is 0 Å². The summed E-state index contributed by atoms with van der Waals surface area (Å²) in [5, 5.41) is 22.8. The van der Waals surface area contributed by atoms with Crippen molar-refractivity contribution in [2.45, 2.75) is 31.2 Å². The number of nitro groups is 1. The van der Waals surface area contributed by atoms with E-state index in [1.54, 1.807) is 0 Å². The summed E-state index contributed by atoms with van der Waals surface area (Å²) in [4.78, 5) is 34.2. The van der Waals surface area contributed by atoms with E-state index < -0.39 is 28.9 Å². The first-order chi connectivity index (χ1) is 11.9. The van der Waals surface area contributed by atoms with Gasteiger partial charge in [-0.05, 0) is 37.8 Å². The van der Waals surface area contributed by atoms with Gasteiger partial charge >= 0.3 is 11.7 Å².